The van der Waals surface area contributed by atoms with E-state index in [1.807, 2.05) is 70.2 Å². The molecule has 0 bridgehead atoms. The van der Waals surface area contributed by atoms with Crippen molar-refractivity contribution in [2.24, 2.45) is 0 Å². The van der Waals surface area contributed by atoms with E-state index >= 15 is 0 Å². The lowest BCUT2D eigenvalue weighted by atomic mass is 10.2. The third kappa shape index (κ3) is 6.11. The molecule has 2 aromatic heterocycles. The van der Waals surface area contributed by atoms with Gasteiger partial charge in [-0.3, -0.25) is 9.78 Å². The van der Waals surface area contributed by atoms with Gasteiger partial charge in [0.25, 0.3) is 5.91 Å². The van der Waals surface area contributed by atoms with Crippen molar-refractivity contribution in [2.75, 3.05) is 12.4 Å². The monoisotopic (exact) mass is 438 g/mol. The maximum absolute atomic E-state index is 12.8. The lowest BCUT2D eigenvalue weighted by Crippen LogP contribution is -2.33. The molecule has 162 valence electrons. The zero-order valence-corrected chi connectivity index (χ0v) is 19.1. The van der Waals surface area contributed by atoms with Crippen molar-refractivity contribution >= 4 is 29.0 Å². The molecule has 0 fully saturated rings. The molecule has 0 saturated carbocycles. The number of hydrogen-bond donors (Lipinski definition) is 1. The van der Waals surface area contributed by atoms with Crippen molar-refractivity contribution in [2.45, 2.75) is 39.8 Å². The second-order valence-corrected chi connectivity index (χ2v) is 9.14. The van der Waals surface area contributed by atoms with Gasteiger partial charge in [-0.1, -0.05) is 18.2 Å². The summed E-state index contributed by atoms with van der Waals surface area (Å²) in [7, 11) is 1.68. The Bertz CT molecular complexity index is 1070. The fourth-order valence-corrected chi connectivity index (χ4v) is 3.76. The SMILES string of the molecule is Cc1nc(-c2ccccn2)sc1C(=O)Nc1cccc(CN(C)C(=O)OC(C)(C)C)c1. The van der Waals surface area contributed by atoms with E-state index < -0.39 is 11.7 Å². The molecule has 0 spiro atoms. The van der Waals surface area contributed by atoms with Crippen molar-refractivity contribution in [3.8, 4) is 10.7 Å². The quantitative estimate of drug-likeness (QED) is 0.597. The highest BCUT2D eigenvalue weighted by atomic mass is 32.1. The number of rotatable bonds is 5. The van der Waals surface area contributed by atoms with Crippen LogP contribution in [-0.4, -0.2) is 39.5 Å². The molecule has 1 aromatic carbocycles. The van der Waals surface area contributed by atoms with Crippen LogP contribution < -0.4 is 5.32 Å². The van der Waals surface area contributed by atoms with Gasteiger partial charge in [0, 0.05) is 25.5 Å². The van der Waals surface area contributed by atoms with E-state index in [-0.39, 0.29) is 5.91 Å². The zero-order valence-electron chi connectivity index (χ0n) is 18.3. The fraction of sp³-hybridized carbons (Fsp3) is 0.304. The number of anilines is 1. The van der Waals surface area contributed by atoms with Crippen LogP contribution in [0.2, 0.25) is 0 Å². The molecule has 0 aliphatic rings. The van der Waals surface area contributed by atoms with Crippen LogP contribution >= 0.6 is 11.3 Å². The van der Waals surface area contributed by atoms with Crippen molar-refractivity contribution in [1.29, 1.82) is 0 Å². The number of aromatic nitrogens is 2. The van der Waals surface area contributed by atoms with Crippen molar-refractivity contribution < 1.29 is 14.3 Å². The van der Waals surface area contributed by atoms with Crippen LogP contribution in [0.5, 0.6) is 0 Å². The third-order valence-electron chi connectivity index (χ3n) is 4.20. The smallest absolute Gasteiger partial charge is 0.410 e. The lowest BCUT2D eigenvalue weighted by Gasteiger charge is -2.24. The molecule has 0 radical (unpaired) electrons. The van der Waals surface area contributed by atoms with Gasteiger partial charge >= 0.3 is 6.09 Å². The number of amides is 2. The summed E-state index contributed by atoms with van der Waals surface area (Å²) in [5.41, 5.74) is 2.36. The summed E-state index contributed by atoms with van der Waals surface area (Å²) in [6.07, 6.45) is 1.30. The van der Waals surface area contributed by atoms with Gasteiger partial charge in [0.15, 0.2) is 0 Å². The minimum atomic E-state index is -0.554. The predicted molar refractivity (Wildman–Crippen MR) is 122 cm³/mol. The van der Waals surface area contributed by atoms with Crippen LogP contribution in [0, 0.1) is 6.92 Å². The number of benzene rings is 1. The summed E-state index contributed by atoms with van der Waals surface area (Å²) < 4.78 is 5.38. The van der Waals surface area contributed by atoms with Crippen LogP contribution in [-0.2, 0) is 11.3 Å². The molecule has 3 aromatic rings. The second-order valence-electron chi connectivity index (χ2n) is 8.14. The topological polar surface area (TPSA) is 84.4 Å². The zero-order chi connectivity index (χ0) is 22.6. The first-order valence-corrected chi connectivity index (χ1v) is 10.7. The number of carbonyl (C=O) groups excluding carboxylic acids is 2. The number of carbonyl (C=O) groups is 2. The standard InChI is InChI=1S/C23H26N4O3S/c1-15-19(31-21(25-15)18-11-6-7-12-24-18)20(28)26-17-10-8-9-16(13-17)14-27(5)22(29)30-23(2,3)4/h6-13H,14H2,1-5H3,(H,26,28). The number of nitrogens with zero attached hydrogens (tertiary/aromatic N) is 3. The summed E-state index contributed by atoms with van der Waals surface area (Å²) in [6.45, 7) is 7.66. The van der Waals surface area contributed by atoms with Gasteiger partial charge in [-0.15, -0.1) is 11.3 Å². The summed E-state index contributed by atoms with van der Waals surface area (Å²) in [5, 5.41) is 3.63. The highest BCUT2D eigenvalue weighted by Gasteiger charge is 2.20. The number of ether oxygens (including phenoxy) is 1. The molecule has 0 saturated heterocycles. The average Bonchev–Trinajstić information content (AvgIpc) is 3.09. The van der Waals surface area contributed by atoms with Crippen LogP contribution in [0.15, 0.2) is 48.7 Å². The van der Waals surface area contributed by atoms with Gasteiger partial charge in [0.2, 0.25) is 0 Å². The predicted octanol–water partition coefficient (Wildman–Crippen LogP) is 5.13. The first-order valence-electron chi connectivity index (χ1n) is 9.85. The fourth-order valence-electron chi connectivity index (χ4n) is 2.82. The molecule has 0 aliphatic carbocycles. The molecule has 0 atom stereocenters. The molecule has 2 heterocycles. The summed E-state index contributed by atoms with van der Waals surface area (Å²) >= 11 is 1.31. The molecule has 31 heavy (non-hydrogen) atoms. The molecular formula is C23H26N4O3S. The van der Waals surface area contributed by atoms with E-state index in [0.717, 1.165) is 11.3 Å². The van der Waals surface area contributed by atoms with Crippen molar-refractivity contribution in [3.63, 3.8) is 0 Å². The molecule has 3 rings (SSSR count). The minimum Gasteiger partial charge on any atom is -0.444 e. The molecule has 0 unspecified atom stereocenters. The number of thiazole rings is 1. The molecule has 7 nitrogen and oxygen atoms in total. The van der Waals surface area contributed by atoms with E-state index in [0.29, 0.717) is 27.8 Å². The molecule has 1 N–H and O–H groups in total. The van der Waals surface area contributed by atoms with E-state index in [4.69, 9.17) is 4.74 Å². The van der Waals surface area contributed by atoms with Crippen molar-refractivity contribution in [3.05, 3.63) is 64.8 Å². The Balaban J connectivity index is 1.69. The Morgan fingerprint density at radius 3 is 2.61 bits per heavy atom. The Labute approximate surface area is 186 Å². The first-order chi connectivity index (χ1) is 14.6. The van der Waals surface area contributed by atoms with Gasteiger partial charge in [0.1, 0.15) is 15.5 Å². The molecular weight excluding hydrogens is 412 g/mol. The second kappa shape index (κ2) is 9.26. The Hall–Kier alpha value is -3.26. The van der Waals surface area contributed by atoms with Crippen LogP contribution in [0.3, 0.4) is 0 Å². The highest BCUT2D eigenvalue weighted by molar-refractivity contribution is 7.17. The van der Waals surface area contributed by atoms with E-state index in [2.05, 4.69) is 15.3 Å². The van der Waals surface area contributed by atoms with E-state index in [1.54, 1.807) is 13.2 Å². The number of hydrogen-bond acceptors (Lipinski definition) is 6. The summed E-state index contributed by atoms with van der Waals surface area (Å²) in [6, 6.07) is 13.0. The minimum absolute atomic E-state index is 0.227. The van der Waals surface area contributed by atoms with Crippen molar-refractivity contribution in [1.82, 2.24) is 14.9 Å². The maximum atomic E-state index is 12.8. The summed E-state index contributed by atoms with van der Waals surface area (Å²) in [4.78, 5) is 35.8. The van der Waals surface area contributed by atoms with Crippen LogP contribution in [0.25, 0.3) is 10.7 Å². The average molecular weight is 439 g/mol. The van der Waals surface area contributed by atoms with Gasteiger partial charge < -0.3 is 15.0 Å². The number of aryl methyl sites for hydroxylation is 1. The van der Waals surface area contributed by atoms with Gasteiger partial charge in [-0.05, 0) is 57.5 Å². The van der Waals surface area contributed by atoms with Crippen LogP contribution in [0.4, 0.5) is 10.5 Å². The number of nitrogens with one attached hydrogen (secondary N) is 1. The highest BCUT2D eigenvalue weighted by Crippen LogP contribution is 2.27. The third-order valence-corrected chi connectivity index (χ3v) is 5.38. The maximum Gasteiger partial charge on any atom is 0.410 e. The van der Waals surface area contributed by atoms with Crippen LogP contribution in [0.1, 0.15) is 41.7 Å². The molecule has 2 amide bonds. The van der Waals surface area contributed by atoms with E-state index in [9.17, 15) is 9.59 Å². The molecule has 8 heteroatoms. The Morgan fingerprint density at radius 2 is 1.94 bits per heavy atom. The summed E-state index contributed by atoms with van der Waals surface area (Å²) in [5.74, 6) is -0.227. The van der Waals surface area contributed by atoms with Gasteiger partial charge in [-0.25, -0.2) is 9.78 Å². The van der Waals surface area contributed by atoms with Gasteiger partial charge in [-0.2, -0.15) is 0 Å². The Morgan fingerprint density at radius 1 is 1.16 bits per heavy atom. The largest absolute Gasteiger partial charge is 0.444 e. The molecule has 0 aliphatic heterocycles. The Kier molecular flexibility index (Phi) is 6.70. The lowest BCUT2D eigenvalue weighted by molar-refractivity contribution is 0.0285. The number of pyridine rings is 1. The van der Waals surface area contributed by atoms with E-state index in [1.165, 1.54) is 16.2 Å². The first kappa shape index (κ1) is 22.4. The van der Waals surface area contributed by atoms with Gasteiger partial charge in [0.05, 0.1) is 11.4 Å². The normalized spacial score (nSPS) is 11.1.